The third kappa shape index (κ3) is 2.00. The summed E-state index contributed by atoms with van der Waals surface area (Å²) in [6.45, 7) is 0.631. The van der Waals surface area contributed by atoms with Gasteiger partial charge in [0.1, 0.15) is 6.26 Å². The van der Waals surface area contributed by atoms with Crippen LogP contribution in [0.25, 0.3) is 0 Å². The maximum atomic E-state index is 11.6. The molecule has 1 aromatic heterocycles. The molecule has 3 rings (SSSR count). The van der Waals surface area contributed by atoms with Crippen molar-refractivity contribution in [3.05, 3.63) is 42.1 Å². The monoisotopic (exact) mass is 246 g/mol. The predicted octanol–water partition coefficient (Wildman–Crippen LogP) is 1.33. The van der Waals surface area contributed by atoms with Gasteiger partial charge < -0.3 is 19.2 Å². The number of nitrogens with zero attached hydrogens (tertiary/aromatic N) is 1. The van der Waals surface area contributed by atoms with Gasteiger partial charge in [-0.15, -0.1) is 0 Å². The fourth-order valence-corrected chi connectivity index (χ4v) is 1.65. The van der Waals surface area contributed by atoms with Crippen molar-refractivity contribution in [1.29, 1.82) is 0 Å². The summed E-state index contributed by atoms with van der Waals surface area (Å²) in [7, 11) is 0. The molecule has 0 saturated carbocycles. The summed E-state index contributed by atoms with van der Waals surface area (Å²) in [6, 6.07) is 5.53. The van der Waals surface area contributed by atoms with Gasteiger partial charge in [0.2, 0.25) is 6.79 Å². The normalized spacial score (nSPS) is 12.4. The van der Waals surface area contributed by atoms with Crippen molar-refractivity contribution < 1.29 is 18.7 Å². The van der Waals surface area contributed by atoms with E-state index in [1.807, 2.05) is 18.2 Å². The Bertz CT molecular complexity index is 565. The van der Waals surface area contributed by atoms with E-state index in [4.69, 9.17) is 13.9 Å². The van der Waals surface area contributed by atoms with Gasteiger partial charge in [-0.1, -0.05) is 6.07 Å². The van der Waals surface area contributed by atoms with Gasteiger partial charge in [0.05, 0.1) is 0 Å². The molecule has 0 aliphatic carbocycles. The zero-order valence-electron chi connectivity index (χ0n) is 9.38. The third-order valence-corrected chi connectivity index (χ3v) is 2.56. The molecular formula is C12H10N2O4. The molecule has 0 bridgehead atoms. The van der Waals surface area contributed by atoms with Crippen molar-refractivity contribution in [2.45, 2.75) is 6.54 Å². The molecule has 0 fully saturated rings. The van der Waals surface area contributed by atoms with E-state index in [-0.39, 0.29) is 18.4 Å². The molecule has 1 amide bonds. The highest BCUT2D eigenvalue weighted by atomic mass is 16.7. The Morgan fingerprint density at radius 2 is 2.22 bits per heavy atom. The Morgan fingerprint density at radius 1 is 1.33 bits per heavy atom. The van der Waals surface area contributed by atoms with Gasteiger partial charge in [0.15, 0.2) is 23.6 Å². The van der Waals surface area contributed by atoms with Crippen LogP contribution in [0.1, 0.15) is 16.1 Å². The first kappa shape index (κ1) is 10.6. The molecule has 0 radical (unpaired) electrons. The van der Waals surface area contributed by atoms with Crippen LogP contribution in [0.5, 0.6) is 11.5 Å². The van der Waals surface area contributed by atoms with E-state index in [0.29, 0.717) is 12.3 Å². The second-order valence-electron chi connectivity index (χ2n) is 3.74. The Labute approximate surface area is 103 Å². The van der Waals surface area contributed by atoms with E-state index >= 15 is 0 Å². The molecular weight excluding hydrogens is 236 g/mol. The van der Waals surface area contributed by atoms with Gasteiger partial charge in [0.25, 0.3) is 5.91 Å². The smallest absolute Gasteiger partial charge is 0.273 e. The van der Waals surface area contributed by atoms with E-state index in [2.05, 4.69) is 10.3 Å². The summed E-state index contributed by atoms with van der Waals surface area (Å²) in [5, 5.41) is 2.73. The largest absolute Gasteiger partial charge is 0.454 e. The minimum absolute atomic E-state index is 0.240. The molecule has 92 valence electrons. The van der Waals surface area contributed by atoms with E-state index in [1.54, 1.807) is 0 Å². The first-order valence-electron chi connectivity index (χ1n) is 5.38. The first-order valence-corrected chi connectivity index (χ1v) is 5.38. The minimum atomic E-state index is -0.276. The first-order chi connectivity index (χ1) is 8.83. The Hall–Kier alpha value is -2.50. The average Bonchev–Trinajstić information content (AvgIpc) is 3.05. The molecule has 0 atom stereocenters. The minimum Gasteiger partial charge on any atom is -0.454 e. The van der Waals surface area contributed by atoms with Crippen molar-refractivity contribution in [3.8, 4) is 11.5 Å². The van der Waals surface area contributed by atoms with E-state index in [0.717, 1.165) is 11.3 Å². The van der Waals surface area contributed by atoms with Crippen molar-refractivity contribution in [1.82, 2.24) is 10.3 Å². The van der Waals surface area contributed by atoms with Crippen LogP contribution < -0.4 is 14.8 Å². The number of carbonyl (C=O) groups excluding carboxylic acids is 1. The molecule has 6 nitrogen and oxygen atoms in total. The molecule has 1 aliphatic rings. The van der Waals surface area contributed by atoms with Crippen LogP contribution in [0.3, 0.4) is 0 Å². The number of aromatic nitrogens is 1. The van der Waals surface area contributed by atoms with Crippen LogP contribution in [0.15, 0.2) is 35.3 Å². The lowest BCUT2D eigenvalue weighted by Gasteiger charge is -2.04. The molecule has 0 unspecified atom stereocenters. The maximum Gasteiger partial charge on any atom is 0.273 e. The fraction of sp³-hybridized carbons (Fsp3) is 0.167. The number of ether oxygens (including phenoxy) is 2. The fourth-order valence-electron chi connectivity index (χ4n) is 1.65. The number of rotatable bonds is 3. The van der Waals surface area contributed by atoms with Crippen LogP contribution in [0.4, 0.5) is 0 Å². The van der Waals surface area contributed by atoms with Crippen LogP contribution >= 0.6 is 0 Å². The molecule has 18 heavy (non-hydrogen) atoms. The topological polar surface area (TPSA) is 73.6 Å². The highest BCUT2D eigenvalue weighted by Crippen LogP contribution is 2.32. The summed E-state index contributed by atoms with van der Waals surface area (Å²) in [6.07, 6.45) is 2.52. The lowest BCUT2D eigenvalue weighted by atomic mass is 10.2. The molecule has 0 spiro atoms. The van der Waals surface area contributed by atoms with Crippen molar-refractivity contribution >= 4 is 5.91 Å². The molecule has 1 aliphatic heterocycles. The molecule has 6 heteroatoms. The summed E-state index contributed by atoms with van der Waals surface area (Å²) in [5.74, 6) is 1.14. The predicted molar refractivity (Wildman–Crippen MR) is 60.2 cm³/mol. The van der Waals surface area contributed by atoms with Gasteiger partial charge in [-0.05, 0) is 17.7 Å². The molecule has 1 aromatic carbocycles. The number of benzene rings is 1. The van der Waals surface area contributed by atoms with Crippen LogP contribution in [0, 0.1) is 0 Å². The number of amides is 1. The lowest BCUT2D eigenvalue weighted by molar-refractivity contribution is 0.0946. The average molecular weight is 246 g/mol. The number of hydrogen-bond acceptors (Lipinski definition) is 5. The zero-order valence-corrected chi connectivity index (χ0v) is 9.38. The van der Waals surface area contributed by atoms with Gasteiger partial charge >= 0.3 is 0 Å². The van der Waals surface area contributed by atoms with Crippen molar-refractivity contribution in [3.63, 3.8) is 0 Å². The SMILES string of the molecule is O=C(NCc1ccc2c(c1)OCO2)c1cocn1. The zero-order chi connectivity index (χ0) is 12.4. The van der Waals surface area contributed by atoms with E-state index < -0.39 is 0 Å². The summed E-state index contributed by atoms with van der Waals surface area (Å²) < 4.78 is 15.2. The van der Waals surface area contributed by atoms with E-state index in [9.17, 15) is 4.79 Å². The standard InChI is InChI=1S/C12H10N2O4/c15-12(9-5-16-6-14-9)13-4-8-1-2-10-11(3-8)18-7-17-10/h1-3,5-6H,4,7H2,(H,13,15). The number of fused-ring (bicyclic) bond motifs is 1. The van der Waals surface area contributed by atoms with Crippen molar-refractivity contribution in [2.24, 2.45) is 0 Å². The van der Waals surface area contributed by atoms with Gasteiger partial charge in [-0.2, -0.15) is 0 Å². The Morgan fingerprint density at radius 3 is 3.06 bits per heavy atom. The maximum absolute atomic E-state index is 11.6. The molecule has 2 aromatic rings. The second kappa shape index (κ2) is 4.40. The van der Waals surface area contributed by atoms with Crippen molar-refractivity contribution in [2.75, 3.05) is 6.79 Å². The lowest BCUT2D eigenvalue weighted by Crippen LogP contribution is -2.22. The van der Waals surface area contributed by atoms with Crippen LogP contribution in [-0.4, -0.2) is 17.7 Å². The molecule has 1 N–H and O–H groups in total. The number of nitrogens with one attached hydrogen (secondary N) is 1. The van der Waals surface area contributed by atoms with E-state index in [1.165, 1.54) is 12.7 Å². The molecule has 2 heterocycles. The number of hydrogen-bond donors (Lipinski definition) is 1. The van der Waals surface area contributed by atoms with Crippen LogP contribution in [0.2, 0.25) is 0 Å². The summed E-state index contributed by atoms with van der Waals surface area (Å²) >= 11 is 0. The Kier molecular flexibility index (Phi) is 2.60. The van der Waals surface area contributed by atoms with Gasteiger partial charge in [0, 0.05) is 6.54 Å². The van der Waals surface area contributed by atoms with Crippen LogP contribution in [-0.2, 0) is 6.54 Å². The molecule has 0 saturated heterocycles. The highest BCUT2D eigenvalue weighted by Gasteiger charge is 2.14. The highest BCUT2D eigenvalue weighted by molar-refractivity contribution is 5.91. The summed E-state index contributed by atoms with van der Waals surface area (Å²) in [4.78, 5) is 15.4. The third-order valence-electron chi connectivity index (χ3n) is 2.56. The van der Waals surface area contributed by atoms with Gasteiger partial charge in [-0.25, -0.2) is 4.98 Å². The Balaban J connectivity index is 1.65. The quantitative estimate of drug-likeness (QED) is 0.884. The number of oxazole rings is 1. The number of carbonyl (C=O) groups is 1. The summed E-state index contributed by atoms with van der Waals surface area (Å²) in [5.41, 5.74) is 1.19. The second-order valence-corrected chi connectivity index (χ2v) is 3.74. The van der Waals surface area contributed by atoms with Gasteiger partial charge in [-0.3, -0.25) is 4.79 Å².